The summed E-state index contributed by atoms with van der Waals surface area (Å²) >= 11 is 0. The molecule has 2 aromatic carbocycles. The predicted molar refractivity (Wildman–Crippen MR) is 104 cm³/mol. The number of aromatic nitrogens is 5. The number of carbonyl (C=O) groups is 1. The fourth-order valence-electron chi connectivity index (χ4n) is 3.06. The van der Waals surface area contributed by atoms with Crippen molar-refractivity contribution in [3.05, 3.63) is 65.6 Å². The van der Waals surface area contributed by atoms with Crippen LogP contribution in [0.5, 0.6) is 5.75 Å². The molecule has 0 aliphatic heterocycles. The first-order valence-electron chi connectivity index (χ1n) is 8.89. The molecule has 1 amide bonds. The average Bonchev–Trinajstić information content (AvgIpc) is 3.32. The lowest BCUT2D eigenvalue weighted by atomic mass is 10.1. The molecule has 0 radical (unpaired) electrons. The van der Waals surface area contributed by atoms with Crippen molar-refractivity contribution in [1.29, 1.82) is 0 Å². The van der Waals surface area contributed by atoms with Crippen LogP contribution < -0.4 is 10.1 Å². The zero-order valence-corrected chi connectivity index (χ0v) is 15.6. The Morgan fingerprint density at radius 1 is 1.18 bits per heavy atom. The second-order valence-corrected chi connectivity index (χ2v) is 6.51. The molecule has 4 rings (SSSR count). The van der Waals surface area contributed by atoms with Crippen molar-refractivity contribution >= 4 is 16.8 Å². The van der Waals surface area contributed by atoms with Gasteiger partial charge in [-0.15, -0.1) is 5.10 Å². The normalized spacial score (nSPS) is 10.9. The third-order valence-electron chi connectivity index (χ3n) is 4.53. The van der Waals surface area contributed by atoms with E-state index in [9.17, 15) is 4.79 Å². The van der Waals surface area contributed by atoms with Gasteiger partial charge in [-0.1, -0.05) is 12.1 Å². The molecule has 2 heterocycles. The van der Waals surface area contributed by atoms with Gasteiger partial charge in [0.05, 0.1) is 25.8 Å². The van der Waals surface area contributed by atoms with Crippen LogP contribution in [0, 0.1) is 6.92 Å². The Balaban J connectivity index is 1.36. The van der Waals surface area contributed by atoms with E-state index in [1.165, 1.54) is 0 Å². The lowest BCUT2D eigenvalue weighted by Crippen LogP contribution is -2.24. The Labute approximate surface area is 161 Å². The highest BCUT2D eigenvalue weighted by molar-refractivity contribution is 5.82. The van der Waals surface area contributed by atoms with Gasteiger partial charge in [0.25, 0.3) is 0 Å². The lowest BCUT2D eigenvalue weighted by Gasteiger charge is -2.06. The summed E-state index contributed by atoms with van der Waals surface area (Å²) in [4.78, 5) is 15.6. The molecule has 142 valence electrons. The monoisotopic (exact) mass is 376 g/mol. The number of nitrogens with zero attached hydrogens (tertiary/aromatic N) is 4. The van der Waals surface area contributed by atoms with Crippen LogP contribution in [0.15, 0.2) is 48.5 Å². The SMILES string of the molecule is COc1ccc2[nH]c(CNC(=O)Cc3ccc(-n4nnnc4C)cc3)cc2c1. The first kappa shape index (κ1) is 17.7. The maximum atomic E-state index is 12.3. The summed E-state index contributed by atoms with van der Waals surface area (Å²) in [6.07, 6.45) is 0.308. The number of rotatable bonds is 6. The van der Waals surface area contributed by atoms with Gasteiger partial charge >= 0.3 is 0 Å². The number of ether oxygens (including phenoxy) is 1. The van der Waals surface area contributed by atoms with Crippen LogP contribution in [0.2, 0.25) is 0 Å². The van der Waals surface area contributed by atoms with Crippen molar-refractivity contribution in [1.82, 2.24) is 30.5 Å². The van der Waals surface area contributed by atoms with Gasteiger partial charge in [0.2, 0.25) is 5.91 Å². The van der Waals surface area contributed by atoms with Gasteiger partial charge in [-0.05, 0) is 59.3 Å². The van der Waals surface area contributed by atoms with Crippen molar-refractivity contribution in [2.24, 2.45) is 0 Å². The molecule has 4 aromatic rings. The summed E-state index contributed by atoms with van der Waals surface area (Å²) in [6.45, 7) is 2.28. The molecular formula is C20H20N6O2. The molecule has 2 N–H and O–H groups in total. The minimum absolute atomic E-state index is 0.0393. The number of aromatic amines is 1. The summed E-state index contributed by atoms with van der Waals surface area (Å²) in [6, 6.07) is 15.5. The van der Waals surface area contributed by atoms with E-state index >= 15 is 0 Å². The molecule has 0 spiro atoms. The number of aryl methyl sites for hydroxylation is 1. The molecular weight excluding hydrogens is 356 g/mol. The molecule has 0 fully saturated rings. The Hall–Kier alpha value is -3.68. The van der Waals surface area contributed by atoms with Crippen molar-refractivity contribution in [2.75, 3.05) is 7.11 Å². The number of hydrogen-bond donors (Lipinski definition) is 2. The van der Waals surface area contributed by atoms with E-state index < -0.39 is 0 Å². The molecule has 8 nitrogen and oxygen atoms in total. The van der Waals surface area contributed by atoms with E-state index in [4.69, 9.17) is 4.74 Å². The Bertz CT molecular complexity index is 1110. The van der Waals surface area contributed by atoms with Gasteiger partial charge in [0.1, 0.15) is 5.75 Å². The van der Waals surface area contributed by atoms with Gasteiger partial charge in [-0.3, -0.25) is 4.79 Å². The van der Waals surface area contributed by atoms with Crippen molar-refractivity contribution in [3.8, 4) is 11.4 Å². The third kappa shape index (κ3) is 3.71. The number of tetrazole rings is 1. The summed E-state index contributed by atoms with van der Waals surface area (Å²) in [7, 11) is 1.64. The highest BCUT2D eigenvalue weighted by atomic mass is 16.5. The van der Waals surface area contributed by atoms with Crippen molar-refractivity contribution < 1.29 is 9.53 Å². The lowest BCUT2D eigenvalue weighted by molar-refractivity contribution is -0.120. The number of H-pyrrole nitrogens is 1. The van der Waals surface area contributed by atoms with Crippen LogP contribution >= 0.6 is 0 Å². The number of nitrogens with one attached hydrogen (secondary N) is 2. The Morgan fingerprint density at radius 3 is 2.71 bits per heavy atom. The first-order chi connectivity index (χ1) is 13.6. The van der Waals surface area contributed by atoms with E-state index in [1.807, 2.05) is 55.5 Å². The highest BCUT2D eigenvalue weighted by Gasteiger charge is 2.08. The number of amides is 1. The van der Waals surface area contributed by atoms with Gasteiger partial charge in [-0.2, -0.15) is 4.68 Å². The highest BCUT2D eigenvalue weighted by Crippen LogP contribution is 2.21. The minimum Gasteiger partial charge on any atom is -0.497 e. The molecule has 0 atom stereocenters. The van der Waals surface area contributed by atoms with Crippen LogP contribution in [0.4, 0.5) is 0 Å². The van der Waals surface area contributed by atoms with Crippen LogP contribution in [0.1, 0.15) is 17.1 Å². The minimum atomic E-state index is -0.0393. The molecule has 2 aromatic heterocycles. The smallest absolute Gasteiger partial charge is 0.224 e. The predicted octanol–water partition coefficient (Wildman–Crippen LogP) is 2.32. The maximum absolute atomic E-state index is 12.3. The average molecular weight is 376 g/mol. The summed E-state index contributed by atoms with van der Waals surface area (Å²) < 4.78 is 6.89. The Kier molecular flexibility index (Phi) is 4.76. The van der Waals surface area contributed by atoms with E-state index in [1.54, 1.807) is 11.8 Å². The fourth-order valence-corrected chi connectivity index (χ4v) is 3.06. The van der Waals surface area contributed by atoms with Crippen LogP contribution in [0.25, 0.3) is 16.6 Å². The van der Waals surface area contributed by atoms with Gasteiger partial charge in [0.15, 0.2) is 5.82 Å². The summed E-state index contributed by atoms with van der Waals surface area (Å²) in [5.74, 6) is 1.48. The zero-order chi connectivity index (χ0) is 19.5. The second kappa shape index (κ2) is 7.51. The van der Waals surface area contributed by atoms with Gasteiger partial charge in [0, 0.05) is 16.6 Å². The van der Waals surface area contributed by atoms with Crippen molar-refractivity contribution in [2.45, 2.75) is 19.9 Å². The zero-order valence-electron chi connectivity index (χ0n) is 15.6. The summed E-state index contributed by atoms with van der Waals surface area (Å²) in [5, 5.41) is 15.4. The fraction of sp³-hybridized carbons (Fsp3) is 0.200. The van der Waals surface area contributed by atoms with Crippen LogP contribution in [0.3, 0.4) is 0 Å². The van der Waals surface area contributed by atoms with E-state index in [-0.39, 0.29) is 5.91 Å². The van der Waals surface area contributed by atoms with Gasteiger partial charge < -0.3 is 15.0 Å². The van der Waals surface area contributed by atoms with E-state index in [0.717, 1.165) is 33.6 Å². The third-order valence-corrected chi connectivity index (χ3v) is 4.53. The van der Waals surface area contributed by atoms with Crippen molar-refractivity contribution in [3.63, 3.8) is 0 Å². The first-order valence-corrected chi connectivity index (χ1v) is 8.89. The van der Waals surface area contributed by atoms with Crippen LogP contribution in [-0.4, -0.2) is 38.2 Å². The quantitative estimate of drug-likeness (QED) is 0.538. The number of hydrogen-bond acceptors (Lipinski definition) is 5. The molecule has 28 heavy (non-hydrogen) atoms. The molecule has 0 aliphatic rings. The van der Waals surface area contributed by atoms with Gasteiger partial charge in [-0.25, -0.2) is 0 Å². The molecule has 0 aliphatic carbocycles. The molecule has 0 saturated carbocycles. The number of methoxy groups -OCH3 is 1. The summed E-state index contributed by atoms with van der Waals surface area (Å²) in [5.41, 5.74) is 3.74. The van der Waals surface area contributed by atoms with Crippen LogP contribution in [-0.2, 0) is 17.8 Å². The molecule has 0 bridgehead atoms. The van der Waals surface area contributed by atoms with E-state index in [0.29, 0.717) is 18.8 Å². The largest absolute Gasteiger partial charge is 0.497 e. The molecule has 0 saturated heterocycles. The molecule has 0 unspecified atom stereocenters. The van der Waals surface area contributed by atoms with E-state index in [2.05, 4.69) is 25.8 Å². The topological polar surface area (TPSA) is 97.7 Å². The second-order valence-electron chi connectivity index (χ2n) is 6.51. The number of carbonyl (C=O) groups excluding carboxylic acids is 1. The Morgan fingerprint density at radius 2 is 2.00 bits per heavy atom. The molecule has 8 heteroatoms. The standard InChI is InChI=1S/C20H20N6O2/c1-13-23-24-25-26(13)17-5-3-14(4-6-17)9-20(27)21-12-16-10-15-11-18(28-2)7-8-19(15)22-16/h3-8,10-11,22H,9,12H2,1-2H3,(H,21,27). The maximum Gasteiger partial charge on any atom is 0.224 e. The number of fused-ring (bicyclic) bond motifs is 1. The number of benzene rings is 2.